The van der Waals surface area contributed by atoms with Gasteiger partial charge in [-0.1, -0.05) is 59.9 Å². The standard InChI is InChI=1S/2C19H22N2OS2.CH2O2/c2*22-12-3-7-20-8-10-21(11-9-20)17-14-15-4-1-2-5-18(15)24-19-16(17)6-13-23-19;2-1-3/h2*1-2,4-6,13-14,22H,3,7-12H2;1H,(H,2,3). The maximum absolute atomic E-state index is 9.02. The molecule has 0 aliphatic carbocycles. The Bertz CT molecular complexity index is 1650. The fourth-order valence-corrected chi connectivity index (χ4v) is 11.0. The number of carboxylic acid groups (broad SMARTS) is 1. The Hall–Kier alpha value is -3.07. The van der Waals surface area contributed by atoms with E-state index in [0.717, 1.165) is 78.3 Å². The third-order valence-corrected chi connectivity index (χ3v) is 13.8. The van der Waals surface area contributed by atoms with Crippen LogP contribution in [0.2, 0.25) is 0 Å². The number of thiophene rings is 2. The van der Waals surface area contributed by atoms with Gasteiger partial charge >= 0.3 is 0 Å². The van der Waals surface area contributed by atoms with Gasteiger partial charge in [0.05, 0.1) is 8.42 Å². The topological polar surface area (TPSA) is 90.7 Å². The predicted molar refractivity (Wildman–Crippen MR) is 214 cm³/mol. The van der Waals surface area contributed by atoms with E-state index in [0.29, 0.717) is 0 Å². The van der Waals surface area contributed by atoms with Crippen molar-refractivity contribution in [3.05, 3.63) is 93.7 Å². The fraction of sp³-hybridized carbons (Fsp3) is 0.359. The number of hydrogen-bond donors (Lipinski definition) is 3. The van der Waals surface area contributed by atoms with Gasteiger partial charge in [-0.05, 0) is 71.1 Å². The molecular formula is C39H46N4O4S4. The first kappa shape index (κ1) is 37.7. The van der Waals surface area contributed by atoms with Crippen LogP contribution in [0.1, 0.15) is 35.1 Å². The average Bonchev–Trinajstić information content (AvgIpc) is 3.76. The quantitative estimate of drug-likeness (QED) is 0.161. The lowest BCUT2D eigenvalue weighted by Crippen LogP contribution is -2.45. The normalized spacial score (nSPS) is 17.1. The molecule has 8 rings (SSSR count). The van der Waals surface area contributed by atoms with E-state index in [1.807, 2.05) is 46.2 Å². The van der Waals surface area contributed by atoms with E-state index < -0.39 is 0 Å². The van der Waals surface area contributed by atoms with E-state index in [4.69, 9.17) is 20.1 Å². The fourth-order valence-electron chi connectivity index (χ4n) is 6.70. The maximum Gasteiger partial charge on any atom is 0.290 e. The van der Waals surface area contributed by atoms with Crippen LogP contribution in [0.3, 0.4) is 0 Å². The van der Waals surface area contributed by atoms with Gasteiger partial charge in [-0.2, -0.15) is 0 Å². The van der Waals surface area contributed by atoms with Crippen LogP contribution in [0, 0.1) is 0 Å². The second-order valence-electron chi connectivity index (χ2n) is 12.5. The summed E-state index contributed by atoms with van der Waals surface area (Å²) in [5.74, 6) is 0. The summed E-state index contributed by atoms with van der Waals surface area (Å²) in [6, 6.07) is 21.9. The Morgan fingerprint density at radius 2 is 0.980 bits per heavy atom. The summed E-state index contributed by atoms with van der Waals surface area (Å²) in [5, 5.41) is 29.3. The molecule has 4 aliphatic rings. The number of nitrogens with zero attached hydrogens (tertiary/aromatic N) is 4. The highest BCUT2D eigenvalue weighted by Crippen LogP contribution is 2.45. The Labute approximate surface area is 317 Å². The van der Waals surface area contributed by atoms with Gasteiger partial charge in [-0.25, -0.2) is 0 Å². The summed E-state index contributed by atoms with van der Waals surface area (Å²) < 4.78 is 2.79. The number of aliphatic hydroxyl groups excluding tert-OH is 2. The molecule has 0 radical (unpaired) electrons. The van der Waals surface area contributed by atoms with Gasteiger partial charge in [0.25, 0.3) is 6.47 Å². The maximum atomic E-state index is 9.02. The van der Waals surface area contributed by atoms with Crippen molar-refractivity contribution in [1.29, 1.82) is 0 Å². The van der Waals surface area contributed by atoms with Crippen LogP contribution in [0.4, 0.5) is 0 Å². The third-order valence-electron chi connectivity index (χ3n) is 9.33. The van der Waals surface area contributed by atoms with E-state index >= 15 is 0 Å². The Morgan fingerprint density at radius 3 is 1.37 bits per heavy atom. The second-order valence-corrected chi connectivity index (χ2v) is 17.0. The van der Waals surface area contributed by atoms with Gasteiger partial charge < -0.3 is 25.1 Å². The van der Waals surface area contributed by atoms with Gasteiger partial charge in [0.2, 0.25) is 0 Å². The minimum absolute atomic E-state index is 0.250. The lowest BCUT2D eigenvalue weighted by molar-refractivity contribution is -0.122. The Kier molecular flexibility index (Phi) is 14.1. The second kappa shape index (κ2) is 19.1. The molecule has 270 valence electrons. The molecule has 8 nitrogen and oxygen atoms in total. The Morgan fingerprint density at radius 1 is 0.588 bits per heavy atom. The van der Waals surface area contributed by atoms with Crippen molar-refractivity contribution >= 4 is 76.2 Å². The summed E-state index contributed by atoms with van der Waals surface area (Å²) in [6.07, 6.45) is 6.48. The highest BCUT2D eigenvalue weighted by Gasteiger charge is 2.26. The molecule has 0 spiro atoms. The number of carbonyl (C=O) groups is 1. The van der Waals surface area contributed by atoms with E-state index in [2.05, 4.69) is 103 Å². The van der Waals surface area contributed by atoms with Crippen LogP contribution in [0.15, 0.2) is 89.6 Å². The minimum Gasteiger partial charge on any atom is -0.483 e. The van der Waals surface area contributed by atoms with Crippen molar-refractivity contribution in [2.75, 3.05) is 78.7 Å². The molecule has 0 bridgehead atoms. The molecule has 0 saturated carbocycles. The summed E-state index contributed by atoms with van der Waals surface area (Å²) in [6.45, 7) is 10.9. The molecule has 4 aliphatic heterocycles. The monoisotopic (exact) mass is 762 g/mol. The summed E-state index contributed by atoms with van der Waals surface area (Å²) in [7, 11) is 0. The molecule has 0 unspecified atom stereocenters. The van der Waals surface area contributed by atoms with Gasteiger partial charge in [-0.3, -0.25) is 14.6 Å². The van der Waals surface area contributed by atoms with E-state index in [1.54, 1.807) is 0 Å². The zero-order chi connectivity index (χ0) is 35.4. The first-order valence-electron chi connectivity index (χ1n) is 17.5. The van der Waals surface area contributed by atoms with Crippen molar-refractivity contribution in [3.63, 3.8) is 0 Å². The van der Waals surface area contributed by atoms with Crippen molar-refractivity contribution in [1.82, 2.24) is 19.6 Å². The van der Waals surface area contributed by atoms with Gasteiger partial charge in [0.1, 0.15) is 0 Å². The molecule has 51 heavy (non-hydrogen) atoms. The number of fused-ring (bicyclic) bond motifs is 4. The molecule has 2 fully saturated rings. The van der Waals surface area contributed by atoms with E-state index in [-0.39, 0.29) is 19.7 Å². The first-order valence-corrected chi connectivity index (χ1v) is 20.9. The van der Waals surface area contributed by atoms with E-state index in [1.165, 1.54) is 51.9 Å². The molecular weight excluding hydrogens is 717 g/mol. The number of hydrogen-bond acceptors (Lipinski definition) is 11. The zero-order valence-electron chi connectivity index (χ0n) is 28.7. The number of piperazine rings is 2. The van der Waals surface area contributed by atoms with Crippen LogP contribution >= 0.6 is 46.2 Å². The van der Waals surface area contributed by atoms with Gasteiger partial charge in [0.15, 0.2) is 0 Å². The largest absolute Gasteiger partial charge is 0.483 e. The van der Waals surface area contributed by atoms with Crippen molar-refractivity contribution < 1.29 is 20.1 Å². The van der Waals surface area contributed by atoms with Crippen LogP contribution < -0.4 is 0 Å². The molecule has 2 aromatic carbocycles. The number of rotatable bonds is 8. The predicted octanol–water partition coefficient (Wildman–Crippen LogP) is 7.12. The van der Waals surface area contributed by atoms with Crippen molar-refractivity contribution in [3.8, 4) is 0 Å². The molecule has 12 heteroatoms. The van der Waals surface area contributed by atoms with Crippen LogP contribution in [-0.4, -0.2) is 120 Å². The highest BCUT2D eigenvalue weighted by atomic mass is 32.2. The van der Waals surface area contributed by atoms with Crippen LogP contribution in [0.5, 0.6) is 0 Å². The first-order chi connectivity index (χ1) is 25.1. The minimum atomic E-state index is -0.250. The molecule has 2 saturated heterocycles. The molecule has 4 aromatic rings. The van der Waals surface area contributed by atoms with Crippen molar-refractivity contribution in [2.45, 2.75) is 31.1 Å². The Balaban J connectivity index is 0.000000163. The van der Waals surface area contributed by atoms with Gasteiger partial charge in [0, 0.05) is 111 Å². The molecule has 0 atom stereocenters. The summed E-state index contributed by atoms with van der Waals surface area (Å²) in [4.78, 5) is 21.0. The molecule has 6 heterocycles. The molecule has 0 amide bonds. The van der Waals surface area contributed by atoms with Gasteiger partial charge in [-0.15, -0.1) is 22.7 Å². The smallest absolute Gasteiger partial charge is 0.290 e. The molecule has 2 aromatic heterocycles. The average molecular weight is 763 g/mol. The summed E-state index contributed by atoms with van der Waals surface area (Å²) in [5.41, 5.74) is 8.14. The third kappa shape index (κ3) is 9.68. The molecule has 3 N–H and O–H groups in total. The zero-order valence-corrected chi connectivity index (χ0v) is 32.0. The number of benzene rings is 2. The number of aliphatic hydroxyl groups is 2. The highest BCUT2D eigenvalue weighted by molar-refractivity contribution is 8.01. The lowest BCUT2D eigenvalue weighted by atomic mass is 10.1. The van der Waals surface area contributed by atoms with Crippen molar-refractivity contribution in [2.24, 2.45) is 0 Å². The summed E-state index contributed by atoms with van der Waals surface area (Å²) >= 11 is 7.46. The van der Waals surface area contributed by atoms with Crippen LogP contribution in [0.25, 0.3) is 23.5 Å². The SMILES string of the molecule is O=CO.OCCCN1CCN(C2=Cc3ccccc3Sc3sccc32)CC1.OCCCN1CCN(C2=Cc3ccccc3Sc3sccc32)CC1. The lowest BCUT2D eigenvalue weighted by Gasteiger charge is -2.37. The van der Waals surface area contributed by atoms with E-state index in [9.17, 15) is 0 Å². The van der Waals surface area contributed by atoms with Crippen LogP contribution in [-0.2, 0) is 4.79 Å².